The van der Waals surface area contributed by atoms with E-state index < -0.39 is 29.7 Å². The molecule has 2 aromatic rings. The van der Waals surface area contributed by atoms with Gasteiger partial charge in [-0.15, -0.1) is 0 Å². The van der Waals surface area contributed by atoms with E-state index in [9.17, 15) is 19.5 Å². The molecule has 1 unspecified atom stereocenters. The SMILES string of the molecule is CCOC(=O)CN1C(=O)C(O)(CC(=O)c2ccc(N)cc2)c2ccccc21. The topological polar surface area (TPSA) is 110 Å². The first-order valence-corrected chi connectivity index (χ1v) is 8.55. The number of carbonyl (C=O) groups is 3. The third-order valence-corrected chi connectivity index (χ3v) is 4.48. The minimum Gasteiger partial charge on any atom is -0.465 e. The Morgan fingerprint density at radius 1 is 1.15 bits per heavy atom. The quantitative estimate of drug-likeness (QED) is 0.456. The van der Waals surface area contributed by atoms with Crippen molar-refractivity contribution in [3.63, 3.8) is 0 Å². The molecule has 0 fully saturated rings. The molecule has 3 N–H and O–H groups in total. The number of hydrogen-bond acceptors (Lipinski definition) is 6. The van der Waals surface area contributed by atoms with Gasteiger partial charge >= 0.3 is 5.97 Å². The predicted octanol–water partition coefficient (Wildman–Crippen LogP) is 1.64. The number of nitrogens with two attached hydrogens (primary N) is 1. The number of rotatable bonds is 6. The second kappa shape index (κ2) is 7.20. The molecule has 0 spiro atoms. The highest BCUT2D eigenvalue weighted by molar-refractivity contribution is 6.12. The highest BCUT2D eigenvalue weighted by Crippen LogP contribution is 2.42. The maximum Gasteiger partial charge on any atom is 0.326 e. The molecule has 7 nitrogen and oxygen atoms in total. The lowest BCUT2D eigenvalue weighted by Crippen LogP contribution is -2.44. The first-order valence-electron chi connectivity index (χ1n) is 8.55. The molecular weight excluding hydrogens is 348 g/mol. The van der Waals surface area contributed by atoms with Gasteiger partial charge in [-0.25, -0.2) is 0 Å². The van der Waals surface area contributed by atoms with E-state index in [4.69, 9.17) is 10.5 Å². The number of aliphatic hydroxyl groups is 1. The van der Waals surface area contributed by atoms with Crippen LogP contribution in [0.4, 0.5) is 11.4 Å². The van der Waals surface area contributed by atoms with E-state index in [0.29, 0.717) is 22.5 Å². The summed E-state index contributed by atoms with van der Waals surface area (Å²) in [6.45, 7) is 1.52. The van der Waals surface area contributed by atoms with Gasteiger partial charge in [-0.2, -0.15) is 0 Å². The molecule has 1 atom stereocenters. The number of Topliss-reactive ketones (excluding diaryl/α,β-unsaturated/α-hetero) is 1. The lowest BCUT2D eigenvalue weighted by atomic mass is 9.88. The zero-order chi connectivity index (χ0) is 19.6. The van der Waals surface area contributed by atoms with Gasteiger partial charge < -0.3 is 15.6 Å². The average Bonchev–Trinajstić information content (AvgIpc) is 2.85. The zero-order valence-electron chi connectivity index (χ0n) is 14.8. The molecule has 0 bridgehead atoms. The second-order valence-electron chi connectivity index (χ2n) is 6.30. The van der Waals surface area contributed by atoms with E-state index in [1.165, 1.54) is 0 Å². The Morgan fingerprint density at radius 3 is 2.48 bits per heavy atom. The second-order valence-corrected chi connectivity index (χ2v) is 6.30. The Kier molecular flexibility index (Phi) is 4.96. The highest BCUT2D eigenvalue weighted by Gasteiger charge is 2.51. The molecule has 0 saturated heterocycles. The Hall–Kier alpha value is -3.19. The number of ketones is 1. The summed E-state index contributed by atoms with van der Waals surface area (Å²) in [6, 6.07) is 12.8. The van der Waals surface area contributed by atoms with Gasteiger partial charge in [0.25, 0.3) is 5.91 Å². The van der Waals surface area contributed by atoms with Crippen molar-refractivity contribution in [1.29, 1.82) is 0 Å². The third kappa shape index (κ3) is 3.41. The number of anilines is 2. The zero-order valence-corrected chi connectivity index (χ0v) is 14.8. The van der Waals surface area contributed by atoms with Crippen molar-refractivity contribution < 1.29 is 24.2 Å². The number of carbonyl (C=O) groups excluding carboxylic acids is 3. The standard InChI is InChI=1S/C20H20N2O5/c1-2-27-18(24)12-22-16-6-4-3-5-15(16)20(26,19(22)25)11-17(23)13-7-9-14(21)10-8-13/h3-10,26H,2,11-12,21H2,1H3. The van der Waals surface area contributed by atoms with Crippen LogP contribution in [-0.2, 0) is 19.9 Å². The lowest BCUT2D eigenvalue weighted by Gasteiger charge is -2.22. The maximum atomic E-state index is 12.9. The summed E-state index contributed by atoms with van der Waals surface area (Å²) < 4.78 is 4.90. The number of ether oxygens (including phenoxy) is 1. The molecule has 140 valence electrons. The summed E-state index contributed by atoms with van der Waals surface area (Å²) in [5.74, 6) is -1.71. The fourth-order valence-corrected chi connectivity index (χ4v) is 3.17. The molecule has 1 heterocycles. The van der Waals surface area contributed by atoms with Crippen molar-refractivity contribution in [1.82, 2.24) is 0 Å². The summed E-state index contributed by atoms with van der Waals surface area (Å²) in [5.41, 5.74) is 5.12. The summed E-state index contributed by atoms with van der Waals surface area (Å²) in [7, 11) is 0. The molecule has 1 amide bonds. The van der Waals surface area contributed by atoms with E-state index in [1.807, 2.05) is 0 Å². The molecule has 0 aliphatic carbocycles. The van der Waals surface area contributed by atoms with Crippen molar-refractivity contribution >= 4 is 29.0 Å². The molecule has 2 aromatic carbocycles. The third-order valence-electron chi connectivity index (χ3n) is 4.48. The monoisotopic (exact) mass is 368 g/mol. The van der Waals surface area contributed by atoms with E-state index in [-0.39, 0.29) is 13.2 Å². The fourth-order valence-electron chi connectivity index (χ4n) is 3.17. The number of para-hydroxylation sites is 1. The van der Waals surface area contributed by atoms with Crippen LogP contribution in [0.15, 0.2) is 48.5 Å². The Bertz CT molecular complexity index is 894. The number of amides is 1. The number of hydrogen-bond donors (Lipinski definition) is 2. The van der Waals surface area contributed by atoms with Crippen molar-refractivity contribution in [2.75, 3.05) is 23.8 Å². The highest BCUT2D eigenvalue weighted by atomic mass is 16.5. The number of nitrogens with zero attached hydrogens (tertiary/aromatic N) is 1. The Labute approximate surface area is 156 Å². The first-order chi connectivity index (χ1) is 12.9. The first kappa shape index (κ1) is 18.6. The average molecular weight is 368 g/mol. The molecule has 1 aliphatic rings. The molecule has 27 heavy (non-hydrogen) atoms. The molecule has 0 radical (unpaired) electrons. The normalized spacial score (nSPS) is 18.3. The van der Waals surface area contributed by atoms with Crippen LogP contribution in [0, 0.1) is 0 Å². The van der Waals surface area contributed by atoms with Gasteiger partial charge in [0.2, 0.25) is 0 Å². The van der Waals surface area contributed by atoms with Gasteiger partial charge in [0.05, 0.1) is 18.7 Å². The van der Waals surface area contributed by atoms with E-state index in [0.717, 1.165) is 4.90 Å². The number of fused-ring (bicyclic) bond motifs is 1. The molecule has 0 aromatic heterocycles. The van der Waals surface area contributed by atoms with Gasteiger partial charge in [0.15, 0.2) is 11.4 Å². The smallest absolute Gasteiger partial charge is 0.326 e. The molecule has 3 rings (SSSR count). The summed E-state index contributed by atoms with van der Waals surface area (Å²) in [6.07, 6.45) is -0.438. The maximum absolute atomic E-state index is 12.9. The number of esters is 1. The number of nitrogen functional groups attached to an aromatic ring is 1. The lowest BCUT2D eigenvalue weighted by molar-refractivity contribution is -0.144. The van der Waals surface area contributed by atoms with Crippen LogP contribution in [0.2, 0.25) is 0 Å². The van der Waals surface area contributed by atoms with Gasteiger partial charge in [0.1, 0.15) is 6.54 Å². The Morgan fingerprint density at radius 2 is 1.81 bits per heavy atom. The molecular formula is C20H20N2O5. The van der Waals surface area contributed by atoms with Gasteiger partial charge in [-0.3, -0.25) is 19.3 Å². The van der Waals surface area contributed by atoms with Crippen molar-refractivity contribution in [2.45, 2.75) is 18.9 Å². The van der Waals surface area contributed by atoms with Crippen LogP contribution in [0.1, 0.15) is 29.3 Å². The minimum absolute atomic E-state index is 0.183. The van der Waals surface area contributed by atoms with E-state index >= 15 is 0 Å². The molecule has 7 heteroatoms. The number of benzene rings is 2. The van der Waals surface area contributed by atoms with Crippen molar-refractivity contribution in [2.24, 2.45) is 0 Å². The molecule has 1 aliphatic heterocycles. The molecule has 0 saturated carbocycles. The van der Waals surface area contributed by atoms with Crippen LogP contribution in [-0.4, -0.2) is 35.9 Å². The predicted molar refractivity (Wildman–Crippen MR) is 99.1 cm³/mol. The largest absolute Gasteiger partial charge is 0.465 e. The van der Waals surface area contributed by atoms with E-state index in [2.05, 4.69) is 0 Å². The van der Waals surface area contributed by atoms with Gasteiger partial charge in [-0.1, -0.05) is 18.2 Å². The van der Waals surface area contributed by atoms with Crippen LogP contribution in [0.25, 0.3) is 0 Å². The summed E-state index contributed by atoms with van der Waals surface area (Å²) >= 11 is 0. The summed E-state index contributed by atoms with van der Waals surface area (Å²) in [5, 5.41) is 11.1. The fraction of sp³-hybridized carbons (Fsp3) is 0.250. The van der Waals surface area contributed by atoms with Gasteiger partial charge in [-0.05, 0) is 37.3 Å². The van der Waals surface area contributed by atoms with E-state index in [1.54, 1.807) is 55.5 Å². The van der Waals surface area contributed by atoms with Crippen LogP contribution >= 0.6 is 0 Å². The van der Waals surface area contributed by atoms with Crippen molar-refractivity contribution in [3.05, 3.63) is 59.7 Å². The van der Waals surface area contributed by atoms with Gasteiger partial charge in [0, 0.05) is 16.8 Å². The Balaban J connectivity index is 1.92. The van der Waals surface area contributed by atoms with Crippen LogP contribution in [0.5, 0.6) is 0 Å². The van der Waals surface area contributed by atoms with Crippen molar-refractivity contribution in [3.8, 4) is 0 Å². The summed E-state index contributed by atoms with van der Waals surface area (Å²) in [4.78, 5) is 38.6. The van der Waals surface area contributed by atoms with Crippen LogP contribution < -0.4 is 10.6 Å². The van der Waals surface area contributed by atoms with Crippen LogP contribution in [0.3, 0.4) is 0 Å². The minimum atomic E-state index is -2.04.